The maximum atomic E-state index is 13.3. The number of nitrogens with one attached hydrogen (secondary N) is 2. The third-order valence-corrected chi connectivity index (χ3v) is 11.1. The van der Waals surface area contributed by atoms with E-state index in [-0.39, 0.29) is 11.4 Å². The summed E-state index contributed by atoms with van der Waals surface area (Å²) in [5.74, 6) is 6.14. The van der Waals surface area contributed by atoms with Crippen molar-refractivity contribution in [3.63, 3.8) is 0 Å². The molecule has 1 atom stereocenters. The minimum absolute atomic E-state index is 0.164. The van der Waals surface area contributed by atoms with Gasteiger partial charge in [-0.25, -0.2) is 9.97 Å². The molecule has 3 heterocycles. The molecule has 1 aliphatic heterocycles. The van der Waals surface area contributed by atoms with Gasteiger partial charge < -0.3 is 20.3 Å². The number of hydrogen-bond acceptors (Lipinski definition) is 9. The third kappa shape index (κ3) is 6.34. The lowest BCUT2D eigenvalue weighted by atomic mass is 9.86. The fourth-order valence-corrected chi connectivity index (χ4v) is 7.27. The normalized spacial score (nSPS) is 18.2. The number of piperidine rings is 1. The molecule has 2 N–H and O–H groups in total. The van der Waals surface area contributed by atoms with Gasteiger partial charge in [-0.1, -0.05) is 25.4 Å². The van der Waals surface area contributed by atoms with Gasteiger partial charge in [0.2, 0.25) is 5.95 Å². The highest BCUT2D eigenvalue weighted by Gasteiger charge is 2.27. The first kappa shape index (κ1) is 28.1. The molecule has 2 aromatic heterocycles. The van der Waals surface area contributed by atoms with Crippen LogP contribution in [0.3, 0.4) is 0 Å². The van der Waals surface area contributed by atoms with Crippen molar-refractivity contribution in [2.45, 2.75) is 75.7 Å². The minimum atomic E-state index is -2.60. The smallest absolute Gasteiger partial charge is 0.229 e. The van der Waals surface area contributed by atoms with Crippen LogP contribution in [0, 0.1) is 13.8 Å². The molecule has 0 bridgehead atoms. The van der Waals surface area contributed by atoms with Gasteiger partial charge in [0.1, 0.15) is 15.8 Å². The quantitative estimate of drug-likeness (QED) is 0.273. The molecule has 210 valence electrons. The van der Waals surface area contributed by atoms with Gasteiger partial charge in [-0.3, -0.25) is 4.21 Å². The fourth-order valence-electron chi connectivity index (χ4n) is 4.71. The van der Waals surface area contributed by atoms with Crippen LogP contribution in [0.15, 0.2) is 23.4 Å². The Morgan fingerprint density at radius 2 is 1.87 bits per heavy atom. The van der Waals surface area contributed by atoms with Crippen molar-refractivity contribution in [1.29, 1.82) is 0 Å². The van der Waals surface area contributed by atoms with E-state index in [4.69, 9.17) is 16.3 Å². The summed E-state index contributed by atoms with van der Waals surface area (Å²) in [6, 6.07) is 4.35. The van der Waals surface area contributed by atoms with Gasteiger partial charge in [0.05, 0.1) is 23.0 Å². The summed E-state index contributed by atoms with van der Waals surface area (Å²) in [4.78, 5) is 16.0. The SMILES string of the molecule is C=S(=O)(c1nc(C)sc1Nc1nc(Nc2cc(C)c(C3CCN(C)CC3)cc2OC2CC2)ncc1Cl)C(C)C. The van der Waals surface area contributed by atoms with E-state index >= 15 is 0 Å². The van der Waals surface area contributed by atoms with Crippen LogP contribution in [0.2, 0.25) is 5.02 Å². The van der Waals surface area contributed by atoms with Crippen molar-refractivity contribution in [3.8, 4) is 5.75 Å². The Morgan fingerprint density at radius 1 is 1.15 bits per heavy atom. The number of hydrogen-bond donors (Lipinski definition) is 2. The molecule has 1 unspecified atom stereocenters. The van der Waals surface area contributed by atoms with Gasteiger partial charge in [-0.2, -0.15) is 4.98 Å². The molecule has 1 saturated heterocycles. The van der Waals surface area contributed by atoms with E-state index in [0.717, 1.165) is 55.2 Å². The molecular formula is C28H37ClN6O2S2. The highest BCUT2D eigenvalue weighted by atomic mass is 35.5. The zero-order valence-corrected chi connectivity index (χ0v) is 25.6. The Labute approximate surface area is 240 Å². The standard InChI is InChI=1S/C28H37ClN6O2S2/c1-16(2)39(6,36)27-26(38-18(4)31-27)33-25-22(29)15-30-28(34-25)32-23-13-17(3)21(14-24(23)37-20-7-8-20)19-9-11-35(5)12-10-19/h13-16,19-20H,6-12H2,1-5H3,(H2,30,32,33,34). The monoisotopic (exact) mass is 588 g/mol. The lowest BCUT2D eigenvalue weighted by molar-refractivity contribution is 0.254. The topological polar surface area (TPSA) is 92.3 Å². The molecule has 5 rings (SSSR count). The van der Waals surface area contributed by atoms with Crippen molar-refractivity contribution >= 4 is 60.8 Å². The lowest BCUT2D eigenvalue weighted by Gasteiger charge is -2.30. The van der Waals surface area contributed by atoms with E-state index in [2.05, 4.69) is 62.5 Å². The Balaban J connectivity index is 1.43. The van der Waals surface area contributed by atoms with Crippen molar-refractivity contribution < 1.29 is 8.95 Å². The Hall–Kier alpha value is -2.40. The molecule has 1 aromatic carbocycles. The second kappa shape index (κ2) is 11.2. The second-order valence-electron chi connectivity index (χ2n) is 10.9. The number of thiazole rings is 1. The van der Waals surface area contributed by atoms with Gasteiger partial charge in [0, 0.05) is 14.8 Å². The summed E-state index contributed by atoms with van der Waals surface area (Å²) in [6.45, 7) is 10.0. The van der Waals surface area contributed by atoms with E-state index in [1.807, 2.05) is 20.8 Å². The number of ether oxygens (including phenoxy) is 1. The molecule has 39 heavy (non-hydrogen) atoms. The largest absolute Gasteiger partial charge is 0.488 e. The van der Waals surface area contributed by atoms with Crippen LogP contribution in [0.1, 0.15) is 61.6 Å². The maximum absolute atomic E-state index is 13.3. The first-order valence-corrected chi connectivity index (χ1v) is 16.4. The number of anilines is 4. The summed E-state index contributed by atoms with van der Waals surface area (Å²) in [5, 5.41) is 8.67. The molecule has 0 spiro atoms. The van der Waals surface area contributed by atoms with Gasteiger partial charge in [-0.15, -0.1) is 11.3 Å². The van der Waals surface area contributed by atoms with E-state index < -0.39 is 9.52 Å². The number of aromatic nitrogens is 3. The van der Waals surface area contributed by atoms with Crippen LogP contribution in [-0.2, 0) is 9.52 Å². The molecule has 2 aliphatic rings. The average Bonchev–Trinajstić information content (AvgIpc) is 3.62. The number of aryl methyl sites for hydroxylation is 2. The zero-order chi connectivity index (χ0) is 27.9. The number of rotatable bonds is 9. The Bertz CT molecular complexity index is 1460. The molecular weight excluding hydrogens is 552 g/mol. The maximum Gasteiger partial charge on any atom is 0.229 e. The highest BCUT2D eigenvalue weighted by Crippen LogP contribution is 2.40. The van der Waals surface area contributed by atoms with E-state index in [0.29, 0.717) is 32.7 Å². The highest BCUT2D eigenvalue weighted by molar-refractivity contribution is 8.01. The van der Waals surface area contributed by atoms with Crippen LogP contribution >= 0.6 is 22.9 Å². The minimum Gasteiger partial charge on any atom is -0.488 e. The van der Waals surface area contributed by atoms with E-state index in [1.54, 1.807) is 6.20 Å². The predicted molar refractivity (Wildman–Crippen MR) is 163 cm³/mol. The van der Waals surface area contributed by atoms with Crippen molar-refractivity contribution in [1.82, 2.24) is 19.9 Å². The van der Waals surface area contributed by atoms with Crippen molar-refractivity contribution in [3.05, 3.63) is 39.5 Å². The van der Waals surface area contributed by atoms with Gasteiger partial charge >= 0.3 is 0 Å². The van der Waals surface area contributed by atoms with Crippen molar-refractivity contribution in [2.75, 3.05) is 30.8 Å². The predicted octanol–water partition coefficient (Wildman–Crippen LogP) is 6.52. The van der Waals surface area contributed by atoms with Gasteiger partial charge in [-0.05, 0) is 94.7 Å². The number of nitrogens with zero attached hydrogens (tertiary/aromatic N) is 4. The van der Waals surface area contributed by atoms with Crippen LogP contribution in [-0.4, -0.2) is 61.4 Å². The molecule has 2 fully saturated rings. The molecule has 11 heteroatoms. The zero-order valence-electron chi connectivity index (χ0n) is 23.2. The summed E-state index contributed by atoms with van der Waals surface area (Å²) in [7, 11) is -0.409. The average molecular weight is 589 g/mol. The molecule has 0 amide bonds. The van der Waals surface area contributed by atoms with Crippen LogP contribution < -0.4 is 15.4 Å². The third-order valence-electron chi connectivity index (χ3n) is 7.36. The molecule has 3 aromatic rings. The first-order chi connectivity index (χ1) is 18.5. The van der Waals surface area contributed by atoms with Crippen LogP contribution in [0.5, 0.6) is 5.75 Å². The second-order valence-corrected chi connectivity index (χ2v) is 15.3. The Kier molecular flexibility index (Phi) is 8.10. The lowest BCUT2D eigenvalue weighted by Crippen LogP contribution is -2.29. The summed E-state index contributed by atoms with van der Waals surface area (Å²) < 4.78 is 19.7. The molecule has 0 radical (unpaired) electrons. The summed E-state index contributed by atoms with van der Waals surface area (Å²) in [6.07, 6.45) is 6.26. The number of likely N-dealkylation sites (tertiary alicyclic amines) is 1. The first-order valence-electron chi connectivity index (χ1n) is 13.4. The van der Waals surface area contributed by atoms with Gasteiger partial charge in [0.25, 0.3) is 0 Å². The van der Waals surface area contributed by atoms with E-state index in [1.165, 1.54) is 22.5 Å². The van der Waals surface area contributed by atoms with Crippen molar-refractivity contribution in [2.24, 2.45) is 0 Å². The van der Waals surface area contributed by atoms with Crippen LogP contribution in [0.25, 0.3) is 0 Å². The molecule has 8 nitrogen and oxygen atoms in total. The molecule has 1 saturated carbocycles. The summed E-state index contributed by atoms with van der Waals surface area (Å²) in [5.41, 5.74) is 3.42. The number of halogens is 1. The fraction of sp³-hybridized carbons (Fsp3) is 0.500. The summed E-state index contributed by atoms with van der Waals surface area (Å²) >= 11 is 7.89. The number of benzene rings is 1. The van der Waals surface area contributed by atoms with E-state index in [9.17, 15) is 4.21 Å². The van der Waals surface area contributed by atoms with Gasteiger partial charge in [0.15, 0.2) is 10.8 Å². The molecule has 1 aliphatic carbocycles. The Morgan fingerprint density at radius 3 is 2.54 bits per heavy atom. The van der Waals surface area contributed by atoms with Crippen LogP contribution in [0.4, 0.5) is 22.5 Å².